The van der Waals surface area contributed by atoms with Gasteiger partial charge in [-0.05, 0) is 42.7 Å². The highest BCUT2D eigenvalue weighted by Crippen LogP contribution is 2.15. The van der Waals surface area contributed by atoms with E-state index in [2.05, 4.69) is 5.32 Å². The maximum absolute atomic E-state index is 13.2. The van der Waals surface area contributed by atoms with Gasteiger partial charge in [-0.25, -0.2) is 8.78 Å². The summed E-state index contributed by atoms with van der Waals surface area (Å²) in [6.45, 7) is 1.78. The fourth-order valence-corrected chi connectivity index (χ4v) is 2.75. The molecule has 6 heteroatoms. The number of benzene rings is 1. The Balaban J connectivity index is 1.47. The van der Waals surface area contributed by atoms with Gasteiger partial charge in [-0.2, -0.15) is 0 Å². The SMILES string of the molecule is O=C(c1ccco1)N1CCC(NCc2ccc(F)c(F)c2)CC1. The van der Waals surface area contributed by atoms with Crippen LogP contribution in [0.2, 0.25) is 0 Å². The topological polar surface area (TPSA) is 45.5 Å². The van der Waals surface area contributed by atoms with Crippen molar-refractivity contribution in [2.45, 2.75) is 25.4 Å². The summed E-state index contributed by atoms with van der Waals surface area (Å²) in [4.78, 5) is 13.9. The van der Waals surface area contributed by atoms with Gasteiger partial charge in [0, 0.05) is 25.7 Å². The number of nitrogens with zero attached hydrogens (tertiary/aromatic N) is 1. The lowest BCUT2D eigenvalue weighted by atomic mass is 10.0. The van der Waals surface area contributed by atoms with Gasteiger partial charge in [0.1, 0.15) is 0 Å². The zero-order valence-electron chi connectivity index (χ0n) is 12.6. The van der Waals surface area contributed by atoms with Crippen molar-refractivity contribution in [1.82, 2.24) is 10.2 Å². The largest absolute Gasteiger partial charge is 0.459 e. The van der Waals surface area contributed by atoms with Gasteiger partial charge in [0.15, 0.2) is 17.4 Å². The standard InChI is InChI=1S/C17H18F2N2O2/c18-14-4-3-12(10-15(14)19)11-20-13-5-7-21(8-6-13)17(22)16-2-1-9-23-16/h1-4,9-10,13,20H,5-8,11H2. The molecule has 0 bridgehead atoms. The lowest BCUT2D eigenvalue weighted by Gasteiger charge is -2.32. The maximum atomic E-state index is 13.2. The van der Waals surface area contributed by atoms with Crippen LogP contribution in [0.3, 0.4) is 0 Å². The summed E-state index contributed by atoms with van der Waals surface area (Å²) in [6, 6.07) is 7.53. The first-order chi connectivity index (χ1) is 11.1. The third-order valence-corrected chi connectivity index (χ3v) is 4.09. The first-order valence-electron chi connectivity index (χ1n) is 7.63. The number of piperidine rings is 1. The second kappa shape index (κ2) is 6.91. The van der Waals surface area contributed by atoms with E-state index < -0.39 is 11.6 Å². The molecule has 2 heterocycles. The van der Waals surface area contributed by atoms with E-state index >= 15 is 0 Å². The minimum atomic E-state index is -0.835. The summed E-state index contributed by atoms with van der Waals surface area (Å²) in [6.07, 6.45) is 3.12. The third-order valence-electron chi connectivity index (χ3n) is 4.09. The normalized spacial score (nSPS) is 15.8. The Hall–Kier alpha value is -2.21. The predicted molar refractivity (Wildman–Crippen MR) is 80.8 cm³/mol. The number of nitrogens with one attached hydrogen (secondary N) is 1. The molecule has 2 aromatic rings. The summed E-state index contributed by atoms with van der Waals surface area (Å²) >= 11 is 0. The first-order valence-corrected chi connectivity index (χ1v) is 7.63. The van der Waals surface area contributed by atoms with E-state index in [4.69, 9.17) is 4.42 Å². The highest BCUT2D eigenvalue weighted by Gasteiger charge is 2.24. The van der Waals surface area contributed by atoms with E-state index in [1.807, 2.05) is 0 Å². The smallest absolute Gasteiger partial charge is 0.289 e. The summed E-state index contributed by atoms with van der Waals surface area (Å²) in [7, 11) is 0. The molecule has 1 aliphatic heterocycles. The van der Waals surface area contributed by atoms with Crippen LogP contribution in [0, 0.1) is 11.6 Å². The number of amides is 1. The van der Waals surface area contributed by atoms with Gasteiger partial charge < -0.3 is 14.6 Å². The molecule has 0 atom stereocenters. The second-order valence-corrected chi connectivity index (χ2v) is 5.67. The quantitative estimate of drug-likeness (QED) is 0.942. The fraction of sp³-hybridized carbons (Fsp3) is 0.353. The molecule has 1 saturated heterocycles. The number of hydrogen-bond donors (Lipinski definition) is 1. The Bertz CT molecular complexity index is 665. The van der Waals surface area contributed by atoms with Gasteiger partial charge >= 0.3 is 0 Å². The monoisotopic (exact) mass is 320 g/mol. The molecule has 1 N–H and O–H groups in total. The van der Waals surface area contributed by atoms with Crippen LogP contribution in [0.15, 0.2) is 41.0 Å². The van der Waals surface area contributed by atoms with Crippen molar-refractivity contribution in [3.63, 3.8) is 0 Å². The van der Waals surface area contributed by atoms with E-state index in [1.54, 1.807) is 23.1 Å². The van der Waals surface area contributed by atoms with Crippen molar-refractivity contribution in [3.8, 4) is 0 Å². The van der Waals surface area contributed by atoms with Crippen LogP contribution >= 0.6 is 0 Å². The molecule has 122 valence electrons. The molecule has 0 aliphatic carbocycles. The average molecular weight is 320 g/mol. The van der Waals surface area contributed by atoms with Gasteiger partial charge in [0.25, 0.3) is 5.91 Å². The molecule has 1 aromatic heterocycles. The molecular weight excluding hydrogens is 302 g/mol. The number of furan rings is 1. The molecule has 0 unspecified atom stereocenters. The molecular formula is C17H18F2N2O2. The van der Waals surface area contributed by atoms with Crippen LogP contribution in [0.5, 0.6) is 0 Å². The van der Waals surface area contributed by atoms with E-state index in [1.165, 1.54) is 12.3 Å². The maximum Gasteiger partial charge on any atom is 0.289 e. The first kappa shape index (κ1) is 15.7. The summed E-state index contributed by atoms with van der Waals surface area (Å²) in [5.41, 5.74) is 0.706. The fourth-order valence-electron chi connectivity index (χ4n) is 2.75. The third kappa shape index (κ3) is 3.76. The molecule has 0 radical (unpaired) electrons. The van der Waals surface area contributed by atoms with Crippen molar-refractivity contribution in [2.75, 3.05) is 13.1 Å². The summed E-state index contributed by atoms with van der Waals surface area (Å²) < 4.78 is 31.2. The van der Waals surface area contributed by atoms with Crippen LogP contribution in [0.4, 0.5) is 8.78 Å². The van der Waals surface area contributed by atoms with Crippen molar-refractivity contribution in [2.24, 2.45) is 0 Å². The lowest BCUT2D eigenvalue weighted by molar-refractivity contribution is 0.0672. The summed E-state index contributed by atoms with van der Waals surface area (Å²) in [5.74, 6) is -1.39. The zero-order chi connectivity index (χ0) is 16.2. The van der Waals surface area contributed by atoms with Gasteiger partial charge in [-0.1, -0.05) is 6.07 Å². The number of carbonyl (C=O) groups excluding carboxylic acids is 1. The van der Waals surface area contributed by atoms with E-state index in [-0.39, 0.29) is 11.9 Å². The molecule has 1 aliphatic rings. The van der Waals surface area contributed by atoms with Crippen molar-refractivity contribution in [1.29, 1.82) is 0 Å². The Labute approximate surface area is 133 Å². The number of carbonyl (C=O) groups is 1. The predicted octanol–water partition coefficient (Wildman–Crippen LogP) is 2.95. The van der Waals surface area contributed by atoms with Crippen molar-refractivity contribution in [3.05, 3.63) is 59.6 Å². The number of hydrogen-bond acceptors (Lipinski definition) is 3. The van der Waals surface area contributed by atoms with Gasteiger partial charge in [-0.3, -0.25) is 4.79 Å². The molecule has 1 aromatic carbocycles. The molecule has 1 amide bonds. The minimum Gasteiger partial charge on any atom is -0.459 e. The van der Waals surface area contributed by atoms with Crippen LogP contribution in [-0.2, 0) is 6.54 Å². The zero-order valence-corrected chi connectivity index (χ0v) is 12.6. The van der Waals surface area contributed by atoms with E-state index in [9.17, 15) is 13.6 Å². The number of rotatable bonds is 4. The van der Waals surface area contributed by atoms with Crippen molar-refractivity contribution >= 4 is 5.91 Å². The van der Waals surface area contributed by atoms with Crippen LogP contribution in [0.25, 0.3) is 0 Å². The highest BCUT2D eigenvalue weighted by molar-refractivity contribution is 5.91. The molecule has 0 spiro atoms. The Kier molecular flexibility index (Phi) is 4.71. The summed E-state index contributed by atoms with van der Waals surface area (Å²) in [5, 5.41) is 3.33. The molecule has 4 nitrogen and oxygen atoms in total. The van der Waals surface area contributed by atoms with Gasteiger partial charge in [-0.15, -0.1) is 0 Å². The molecule has 3 rings (SSSR count). The average Bonchev–Trinajstić information content (AvgIpc) is 3.10. The van der Waals surface area contributed by atoms with Gasteiger partial charge in [0.05, 0.1) is 6.26 Å². The van der Waals surface area contributed by atoms with Crippen LogP contribution < -0.4 is 5.32 Å². The van der Waals surface area contributed by atoms with E-state index in [0.29, 0.717) is 31.0 Å². The molecule has 1 fully saturated rings. The van der Waals surface area contributed by atoms with Crippen LogP contribution in [-0.4, -0.2) is 29.9 Å². The van der Waals surface area contributed by atoms with Gasteiger partial charge in [0.2, 0.25) is 0 Å². The van der Waals surface area contributed by atoms with Crippen LogP contribution in [0.1, 0.15) is 29.0 Å². The number of halogens is 2. The number of likely N-dealkylation sites (tertiary alicyclic amines) is 1. The molecule has 23 heavy (non-hydrogen) atoms. The highest BCUT2D eigenvalue weighted by atomic mass is 19.2. The lowest BCUT2D eigenvalue weighted by Crippen LogP contribution is -2.44. The second-order valence-electron chi connectivity index (χ2n) is 5.67. The molecule has 0 saturated carbocycles. The Morgan fingerprint density at radius 2 is 2.00 bits per heavy atom. The van der Waals surface area contributed by atoms with E-state index in [0.717, 1.165) is 18.9 Å². The van der Waals surface area contributed by atoms with Crippen molar-refractivity contribution < 1.29 is 18.0 Å². The Morgan fingerprint density at radius 3 is 2.65 bits per heavy atom. The Morgan fingerprint density at radius 1 is 1.22 bits per heavy atom. The minimum absolute atomic E-state index is 0.0888.